The summed E-state index contributed by atoms with van der Waals surface area (Å²) in [5.74, 6) is -0.454. The average molecular weight is 637 g/mol. The highest BCUT2D eigenvalue weighted by Gasteiger charge is 2.38. The van der Waals surface area contributed by atoms with E-state index in [4.69, 9.17) is 20.4 Å². The summed E-state index contributed by atoms with van der Waals surface area (Å²) in [5, 5.41) is 20.7. The number of benzene rings is 3. The van der Waals surface area contributed by atoms with Crippen LogP contribution in [0.5, 0.6) is 5.75 Å². The number of H-pyrrole nitrogens is 1. The van der Waals surface area contributed by atoms with E-state index in [0.717, 1.165) is 52.3 Å². The number of hydrogen-bond donors (Lipinski definition) is 4. The second kappa shape index (κ2) is 15.7. The van der Waals surface area contributed by atoms with Crippen LogP contribution in [0.15, 0.2) is 85.1 Å². The van der Waals surface area contributed by atoms with Gasteiger partial charge in [-0.25, -0.2) is 4.79 Å². The molecular weight excluding hydrogens is 601 g/mol. The van der Waals surface area contributed by atoms with E-state index < -0.39 is 12.1 Å². The maximum atomic E-state index is 12.8. The zero-order valence-electron chi connectivity index (χ0n) is 25.1. The van der Waals surface area contributed by atoms with Gasteiger partial charge in [-0.15, -0.1) is 10.2 Å². The topological polar surface area (TPSA) is 148 Å². The molecule has 0 radical (unpaired) electrons. The number of para-hydroxylation sites is 1. The number of fused-ring (bicyclic) bond motifs is 1. The van der Waals surface area contributed by atoms with Crippen molar-refractivity contribution >= 4 is 22.8 Å². The summed E-state index contributed by atoms with van der Waals surface area (Å²) >= 11 is 0. The normalized spacial score (nSPS) is 11.8. The molecule has 0 saturated heterocycles. The Kier molecular flexibility index (Phi) is 11.5. The number of carbonyl (C=O) groups is 2. The maximum absolute atomic E-state index is 12.8. The van der Waals surface area contributed by atoms with Crippen molar-refractivity contribution in [1.29, 1.82) is 0 Å². The number of nitrogens with two attached hydrogens (primary N) is 1. The Balaban J connectivity index is 0.000000617. The first kappa shape index (κ1) is 33.7. The Hall–Kier alpha value is -5.17. The van der Waals surface area contributed by atoms with E-state index in [1.54, 1.807) is 7.11 Å². The lowest BCUT2D eigenvalue weighted by Crippen LogP contribution is -2.33. The molecule has 2 heterocycles. The summed E-state index contributed by atoms with van der Waals surface area (Å²) in [7, 11) is 1.66. The molecule has 1 atom stereocenters. The molecule has 0 fully saturated rings. The molecule has 10 nitrogen and oxygen atoms in total. The number of hydrogen-bond acceptors (Lipinski definition) is 6. The van der Waals surface area contributed by atoms with Crippen molar-refractivity contribution < 1.29 is 32.6 Å². The maximum Gasteiger partial charge on any atom is 0.490 e. The van der Waals surface area contributed by atoms with E-state index >= 15 is 0 Å². The van der Waals surface area contributed by atoms with Gasteiger partial charge in [-0.05, 0) is 41.3 Å². The van der Waals surface area contributed by atoms with Crippen LogP contribution >= 0.6 is 0 Å². The van der Waals surface area contributed by atoms with Crippen LogP contribution in [0.4, 0.5) is 13.2 Å². The second-order valence-corrected chi connectivity index (χ2v) is 10.4. The number of aryl methyl sites for hydroxylation is 2. The van der Waals surface area contributed by atoms with Gasteiger partial charge in [-0.2, -0.15) is 13.2 Å². The van der Waals surface area contributed by atoms with Crippen molar-refractivity contribution in [2.45, 2.75) is 44.4 Å². The number of nitrogens with zero attached hydrogens (tertiary/aromatic N) is 3. The zero-order valence-corrected chi connectivity index (χ0v) is 25.1. The number of aromatic nitrogens is 4. The molecule has 46 heavy (non-hydrogen) atoms. The summed E-state index contributed by atoms with van der Waals surface area (Å²) < 4.78 is 39.2. The lowest BCUT2D eigenvalue weighted by Gasteiger charge is -2.20. The minimum Gasteiger partial charge on any atom is -0.497 e. The van der Waals surface area contributed by atoms with Gasteiger partial charge in [0.25, 0.3) is 0 Å². The van der Waals surface area contributed by atoms with E-state index in [0.29, 0.717) is 13.0 Å². The Morgan fingerprint density at radius 1 is 0.978 bits per heavy atom. The number of carboxylic acid groups (broad SMARTS) is 1. The Labute approximate surface area is 263 Å². The number of carboxylic acids is 1. The standard InChI is InChI=1S/C31H34N6O2.C2HF3O2/c1-39-25-14-11-23(12-15-25)21-37-29(16-13-22-7-3-2-4-8-22)35-36-31(37)28(34-30(38)17-18-32)19-24-20-33-27-10-6-5-9-26(24)27;3-2(4,5)1(6)7/h2-12,14-15,20,28,33H,13,16-19,21,32H2,1H3,(H,34,38);(H,6,7)/t28-;/m1./s1. The molecule has 0 unspecified atom stereocenters. The number of halogens is 3. The third kappa shape index (κ3) is 9.17. The molecule has 3 aromatic carbocycles. The Morgan fingerprint density at radius 2 is 1.65 bits per heavy atom. The van der Waals surface area contributed by atoms with E-state index in [9.17, 15) is 18.0 Å². The van der Waals surface area contributed by atoms with Crippen LogP contribution in [0.3, 0.4) is 0 Å². The van der Waals surface area contributed by atoms with Crippen LogP contribution in [-0.2, 0) is 35.4 Å². The first-order valence-corrected chi connectivity index (χ1v) is 14.5. The quantitative estimate of drug-likeness (QED) is 0.151. The van der Waals surface area contributed by atoms with Crippen molar-refractivity contribution in [2.75, 3.05) is 13.7 Å². The Bertz CT molecular complexity index is 1720. The van der Waals surface area contributed by atoms with Crippen LogP contribution in [0.25, 0.3) is 10.9 Å². The first-order valence-electron chi connectivity index (χ1n) is 14.5. The number of amides is 1. The highest BCUT2D eigenvalue weighted by Crippen LogP contribution is 2.26. The van der Waals surface area contributed by atoms with E-state index in [1.165, 1.54) is 5.56 Å². The molecule has 5 rings (SSSR count). The van der Waals surface area contributed by atoms with Crippen molar-refractivity contribution in [2.24, 2.45) is 5.73 Å². The number of nitrogens with one attached hydrogen (secondary N) is 2. The van der Waals surface area contributed by atoms with Gasteiger partial charge >= 0.3 is 12.1 Å². The number of alkyl halides is 3. The number of aromatic amines is 1. The molecular formula is C33H35F3N6O4. The number of aliphatic carboxylic acids is 1. The second-order valence-electron chi connectivity index (χ2n) is 10.4. The highest BCUT2D eigenvalue weighted by molar-refractivity contribution is 5.83. The van der Waals surface area contributed by atoms with Gasteiger partial charge in [0.2, 0.25) is 5.91 Å². The SMILES string of the molecule is COc1ccc(Cn2c(CCc3ccccc3)nnc2[C@@H](Cc2c[nH]c3ccccc23)NC(=O)CCN)cc1.O=C(O)C(F)(F)F. The number of methoxy groups -OCH3 is 1. The van der Waals surface area contributed by atoms with E-state index in [1.807, 2.05) is 60.8 Å². The summed E-state index contributed by atoms with van der Waals surface area (Å²) in [5.41, 5.74) is 10.2. The van der Waals surface area contributed by atoms with Gasteiger partial charge in [0.15, 0.2) is 5.82 Å². The van der Waals surface area contributed by atoms with Crippen molar-refractivity contribution in [3.63, 3.8) is 0 Å². The van der Waals surface area contributed by atoms with Crippen LogP contribution in [0, 0.1) is 0 Å². The van der Waals surface area contributed by atoms with Gasteiger partial charge in [0, 0.05) is 42.9 Å². The fourth-order valence-corrected chi connectivity index (χ4v) is 4.90. The molecule has 5 N–H and O–H groups in total. The van der Waals surface area contributed by atoms with Crippen LogP contribution in [-0.4, -0.2) is 56.6 Å². The van der Waals surface area contributed by atoms with Crippen LogP contribution in [0.2, 0.25) is 0 Å². The van der Waals surface area contributed by atoms with Crippen molar-refractivity contribution in [3.05, 3.63) is 113 Å². The van der Waals surface area contributed by atoms with Crippen molar-refractivity contribution in [3.8, 4) is 5.75 Å². The third-order valence-electron chi connectivity index (χ3n) is 7.20. The van der Waals surface area contributed by atoms with Gasteiger partial charge in [0.05, 0.1) is 19.7 Å². The monoisotopic (exact) mass is 636 g/mol. The van der Waals surface area contributed by atoms with Crippen LogP contribution in [0.1, 0.15) is 40.8 Å². The molecule has 13 heteroatoms. The fourth-order valence-electron chi connectivity index (χ4n) is 4.90. The minimum absolute atomic E-state index is 0.104. The zero-order chi connectivity index (χ0) is 33.1. The molecule has 0 aliphatic carbocycles. The summed E-state index contributed by atoms with van der Waals surface area (Å²) in [4.78, 5) is 25.0. The van der Waals surface area contributed by atoms with Crippen molar-refractivity contribution in [1.82, 2.24) is 25.1 Å². The lowest BCUT2D eigenvalue weighted by molar-refractivity contribution is -0.192. The summed E-state index contributed by atoms with van der Waals surface area (Å²) in [6.45, 7) is 0.861. The third-order valence-corrected chi connectivity index (χ3v) is 7.20. The number of rotatable bonds is 12. The smallest absolute Gasteiger partial charge is 0.490 e. The molecule has 0 aliphatic rings. The Morgan fingerprint density at radius 3 is 2.30 bits per heavy atom. The minimum atomic E-state index is -5.08. The predicted octanol–water partition coefficient (Wildman–Crippen LogP) is 4.98. The predicted molar refractivity (Wildman–Crippen MR) is 166 cm³/mol. The molecule has 1 amide bonds. The van der Waals surface area contributed by atoms with E-state index in [-0.39, 0.29) is 24.9 Å². The number of ether oxygens (including phenoxy) is 1. The molecule has 0 spiro atoms. The van der Waals surface area contributed by atoms with Crippen LogP contribution < -0.4 is 15.8 Å². The molecule has 242 valence electrons. The largest absolute Gasteiger partial charge is 0.497 e. The average Bonchev–Trinajstić information content (AvgIpc) is 3.64. The molecule has 0 saturated carbocycles. The molecule has 0 bridgehead atoms. The van der Waals surface area contributed by atoms with Gasteiger partial charge in [-0.3, -0.25) is 4.79 Å². The number of carbonyl (C=O) groups excluding carboxylic acids is 1. The molecule has 5 aromatic rings. The highest BCUT2D eigenvalue weighted by atomic mass is 19.4. The van der Waals surface area contributed by atoms with Gasteiger partial charge in [-0.1, -0.05) is 60.7 Å². The van der Waals surface area contributed by atoms with E-state index in [2.05, 4.69) is 49.3 Å². The molecule has 0 aliphatic heterocycles. The van der Waals surface area contributed by atoms with Gasteiger partial charge < -0.3 is 30.4 Å². The fraction of sp³-hybridized carbons (Fsp3) is 0.273. The first-order chi connectivity index (χ1) is 22.1. The summed E-state index contributed by atoms with van der Waals surface area (Å²) in [6.07, 6.45) is -0.692. The van der Waals surface area contributed by atoms with Gasteiger partial charge in [0.1, 0.15) is 11.6 Å². The summed E-state index contributed by atoms with van der Waals surface area (Å²) in [6, 6.07) is 26.2. The molecule has 2 aromatic heterocycles. The lowest BCUT2D eigenvalue weighted by atomic mass is 10.0.